The second-order valence-electron chi connectivity index (χ2n) is 3.90. The van der Waals surface area contributed by atoms with E-state index in [1.54, 1.807) is 0 Å². The smallest absolute Gasteiger partial charge is 0.324 e. The molecular formula is C11H18NO3P. The second kappa shape index (κ2) is 6.16. The van der Waals surface area contributed by atoms with Crippen molar-refractivity contribution in [2.75, 3.05) is 6.16 Å². The molecule has 1 aromatic carbocycles. The van der Waals surface area contributed by atoms with Gasteiger partial charge in [-0.1, -0.05) is 36.8 Å². The highest BCUT2D eigenvalue weighted by Gasteiger charge is 2.12. The van der Waals surface area contributed by atoms with Crippen LogP contribution in [0.5, 0.6) is 0 Å². The summed E-state index contributed by atoms with van der Waals surface area (Å²) in [4.78, 5) is 17.4. The molecule has 1 unspecified atom stereocenters. The van der Waals surface area contributed by atoms with Gasteiger partial charge in [0, 0.05) is 12.2 Å². The molecule has 0 amide bonds. The monoisotopic (exact) mass is 243 g/mol. The lowest BCUT2D eigenvalue weighted by molar-refractivity contribution is 0.370. The van der Waals surface area contributed by atoms with Crippen molar-refractivity contribution in [2.24, 2.45) is 5.73 Å². The van der Waals surface area contributed by atoms with Crippen LogP contribution in [0.3, 0.4) is 0 Å². The van der Waals surface area contributed by atoms with E-state index in [-0.39, 0.29) is 12.2 Å². The first-order chi connectivity index (χ1) is 7.49. The molecule has 90 valence electrons. The van der Waals surface area contributed by atoms with Crippen molar-refractivity contribution in [1.29, 1.82) is 0 Å². The fourth-order valence-corrected chi connectivity index (χ4v) is 2.18. The highest BCUT2D eigenvalue weighted by molar-refractivity contribution is 7.51. The number of hydrogen-bond donors (Lipinski definition) is 3. The van der Waals surface area contributed by atoms with Crippen molar-refractivity contribution < 1.29 is 14.4 Å². The third-order valence-electron chi connectivity index (χ3n) is 2.44. The Bertz CT molecular complexity index is 350. The largest absolute Gasteiger partial charge is 0.325 e. The lowest BCUT2D eigenvalue weighted by Gasteiger charge is -2.11. The summed E-state index contributed by atoms with van der Waals surface area (Å²) in [6.07, 6.45) is 1.96. The van der Waals surface area contributed by atoms with Gasteiger partial charge in [-0.15, -0.1) is 0 Å². The van der Waals surface area contributed by atoms with Crippen LogP contribution in [0.2, 0.25) is 0 Å². The third-order valence-corrected chi connectivity index (χ3v) is 3.34. The molecule has 0 bridgehead atoms. The first kappa shape index (κ1) is 13.4. The Morgan fingerprint density at radius 2 is 1.81 bits per heavy atom. The van der Waals surface area contributed by atoms with Gasteiger partial charge in [-0.3, -0.25) is 4.57 Å². The molecule has 0 aliphatic heterocycles. The van der Waals surface area contributed by atoms with Crippen LogP contribution in [0.15, 0.2) is 30.3 Å². The Morgan fingerprint density at radius 3 is 2.38 bits per heavy atom. The molecule has 4 N–H and O–H groups in total. The lowest BCUT2D eigenvalue weighted by Crippen LogP contribution is -2.10. The molecule has 1 atom stereocenters. The number of hydrogen-bond acceptors (Lipinski definition) is 2. The van der Waals surface area contributed by atoms with E-state index in [4.69, 9.17) is 15.5 Å². The standard InChI is InChI=1S/C11H18NO3P/c12-11(10-6-2-1-3-7-10)8-4-5-9-16(13,14)15/h1-3,6-7,11H,4-5,8-9,12H2,(H2,13,14,15). The Kier molecular flexibility index (Phi) is 5.16. The number of nitrogens with two attached hydrogens (primary N) is 1. The van der Waals surface area contributed by atoms with E-state index >= 15 is 0 Å². The van der Waals surface area contributed by atoms with E-state index in [1.807, 2.05) is 30.3 Å². The number of rotatable bonds is 6. The normalized spacial score (nSPS) is 13.7. The van der Waals surface area contributed by atoms with Crippen LogP contribution in [-0.4, -0.2) is 15.9 Å². The van der Waals surface area contributed by atoms with Crippen LogP contribution in [0.1, 0.15) is 30.9 Å². The second-order valence-corrected chi connectivity index (χ2v) is 5.68. The molecule has 0 aromatic heterocycles. The van der Waals surface area contributed by atoms with Crippen molar-refractivity contribution in [1.82, 2.24) is 0 Å². The molecule has 16 heavy (non-hydrogen) atoms. The Balaban J connectivity index is 2.26. The molecule has 5 heteroatoms. The summed E-state index contributed by atoms with van der Waals surface area (Å²) >= 11 is 0. The van der Waals surface area contributed by atoms with Crippen LogP contribution >= 0.6 is 7.60 Å². The van der Waals surface area contributed by atoms with Crippen molar-refractivity contribution in [2.45, 2.75) is 25.3 Å². The average molecular weight is 243 g/mol. The van der Waals surface area contributed by atoms with Crippen molar-refractivity contribution in [3.8, 4) is 0 Å². The van der Waals surface area contributed by atoms with Gasteiger partial charge in [0.2, 0.25) is 0 Å². The summed E-state index contributed by atoms with van der Waals surface area (Å²) < 4.78 is 10.6. The van der Waals surface area contributed by atoms with Crippen LogP contribution in [-0.2, 0) is 4.57 Å². The van der Waals surface area contributed by atoms with Gasteiger partial charge < -0.3 is 15.5 Å². The van der Waals surface area contributed by atoms with Crippen LogP contribution < -0.4 is 5.73 Å². The molecule has 0 aliphatic carbocycles. The SMILES string of the molecule is NC(CCCCP(=O)(O)O)c1ccccc1. The van der Waals surface area contributed by atoms with Gasteiger partial charge in [0.25, 0.3) is 0 Å². The fourth-order valence-electron chi connectivity index (χ4n) is 1.55. The molecule has 0 heterocycles. The van der Waals surface area contributed by atoms with Gasteiger partial charge in [-0.2, -0.15) is 0 Å². The average Bonchev–Trinajstić information content (AvgIpc) is 2.24. The first-order valence-electron chi connectivity index (χ1n) is 5.34. The molecule has 0 radical (unpaired) electrons. The third kappa shape index (κ3) is 5.42. The summed E-state index contributed by atoms with van der Waals surface area (Å²) in [5.41, 5.74) is 7.02. The first-order valence-corrected chi connectivity index (χ1v) is 7.14. The number of unbranched alkanes of at least 4 members (excludes halogenated alkanes) is 1. The van der Waals surface area contributed by atoms with Crippen molar-refractivity contribution in [3.63, 3.8) is 0 Å². The lowest BCUT2D eigenvalue weighted by atomic mass is 10.0. The van der Waals surface area contributed by atoms with Gasteiger partial charge >= 0.3 is 7.60 Å². The summed E-state index contributed by atoms with van der Waals surface area (Å²) in [5, 5.41) is 0. The fraction of sp³-hybridized carbons (Fsp3) is 0.455. The van der Waals surface area contributed by atoms with Crippen molar-refractivity contribution in [3.05, 3.63) is 35.9 Å². The zero-order chi connectivity index (χ0) is 12.0. The van der Waals surface area contributed by atoms with Crippen molar-refractivity contribution >= 4 is 7.60 Å². The van der Waals surface area contributed by atoms with E-state index in [2.05, 4.69) is 0 Å². The van der Waals surface area contributed by atoms with Crippen LogP contribution in [0.25, 0.3) is 0 Å². The molecule has 4 nitrogen and oxygen atoms in total. The molecule has 0 fully saturated rings. The quantitative estimate of drug-likeness (QED) is 0.527. The van der Waals surface area contributed by atoms with Gasteiger partial charge in [-0.25, -0.2) is 0 Å². The minimum absolute atomic E-state index is 0.0435. The summed E-state index contributed by atoms with van der Waals surface area (Å²) in [6, 6.07) is 9.69. The zero-order valence-electron chi connectivity index (χ0n) is 9.12. The van der Waals surface area contributed by atoms with Crippen LogP contribution in [0.4, 0.5) is 0 Å². The summed E-state index contributed by atoms with van der Waals surface area (Å²) in [6.45, 7) is 0. The minimum atomic E-state index is -3.84. The molecule has 1 rings (SSSR count). The van der Waals surface area contributed by atoms with E-state index in [0.29, 0.717) is 6.42 Å². The minimum Gasteiger partial charge on any atom is -0.324 e. The Hall–Kier alpha value is -0.670. The Labute approximate surface area is 95.6 Å². The Morgan fingerprint density at radius 1 is 1.19 bits per heavy atom. The molecule has 0 spiro atoms. The van der Waals surface area contributed by atoms with Gasteiger partial charge in [-0.05, 0) is 18.4 Å². The predicted octanol–water partition coefficient (Wildman–Crippen LogP) is 2.03. The highest BCUT2D eigenvalue weighted by Crippen LogP contribution is 2.35. The molecule has 0 aliphatic rings. The van der Waals surface area contributed by atoms with Gasteiger partial charge in [0.15, 0.2) is 0 Å². The zero-order valence-corrected chi connectivity index (χ0v) is 10.0. The molecule has 0 saturated heterocycles. The highest BCUT2D eigenvalue weighted by atomic mass is 31.2. The molecule has 1 aromatic rings. The molecular weight excluding hydrogens is 225 g/mol. The summed E-state index contributed by atoms with van der Waals surface area (Å²) in [7, 11) is -3.84. The van der Waals surface area contributed by atoms with Crippen LogP contribution in [0, 0.1) is 0 Å². The van der Waals surface area contributed by atoms with Gasteiger partial charge in [0.1, 0.15) is 0 Å². The van der Waals surface area contributed by atoms with E-state index in [0.717, 1.165) is 18.4 Å². The maximum Gasteiger partial charge on any atom is 0.325 e. The van der Waals surface area contributed by atoms with Gasteiger partial charge in [0.05, 0.1) is 0 Å². The predicted molar refractivity (Wildman–Crippen MR) is 64.1 cm³/mol. The van der Waals surface area contributed by atoms with E-state index in [1.165, 1.54) is 0 Å². The summed E-state index contributed by atoms with van der Waals surface area (Å²) in [5.74, 6) is 0. The van der Waals surface area contributed by atoms with E-state index in [9.17, 15) is 4.57 Å². The molecule has 0 saturated carbocycles. The van der Waals surface area contributed by atoms with E-state index < -0.39 is 7.60 Å². The maximum atomic E-state index is 10.6. The topological polar surface area (TPSA) is 83.6 Å². The maximum absolute atomic E-state index is 10.6. The number of benzene rings is 1.